The summed E-state index contributed by atoms with van der Waals surface area (Å²) in [4.78, 5) is 12.2. The van der Waals surface area contributed by atoms with Crippen LogP contribution in [0.5, 0.6) is 11.6 Å². The molecule has 168 valence electrons. The standard InChI is InChI=1S/C26H24ClN3O3/c1-19-14-25(33-26(31)28-16-20-8-4-2-5-9-20)29-30(19)17-22-15-23(27)12-13-24(22)32-18-21-10-6-3-7-11-21/h2-15H,16-18H2,1H3,(H,28,31). The van der Waals surface area contributed by atoms with Gasteiger partial charge in [0, 0.05) is 28.9 Å². The van der Waals surface area contributed by atoms with Gasteiger partial charge in [-0.05, 0) is 36.2 Å². The normalized spacial score (nSPS) is 10.6. The Labute approximate surface area is 197 Å². The van der Waals surface area contributed by atoms with E-state index in [0.29, 0.717) is 24.7 Å². The third kappa shape index (κ3) is 6.37. The highest BCUT2D eigenvalue weighted by Crippen LogP contribution is 2.26. The molecule has 0 saturated heterocycles. The fraction of sp³-hybridized carbons (Fsp3) is 0.154. The van der Waals surface area contributed by atoms with Gasteiger partial charge in [-0.1, -0.05) is 72.3 Å². The summed E-state index contributed by atoms with van der Waals surface area (Å²) in [5.41, 5.74) is 3.78. The first-order chi connectivity index (χ1) is 16.1. The SMILES string of the molecule is Cc1cc(OC(=O)NCc2ccccc2)nn1Cc1cc(Cl)ccc1OCc1ccccc1. The summed E-state index contributed by atoms with van der Waals surface area (Å²) in [6.07, 6.45) is -0.557. The van der Waals surface area contributed by atoms with E-state index in [0.717, 1.165) is 28.1 Å². The largest absolute Gasteiger partial charge is 0.489 e. The predicted octanol–water partition coefficient (Wildman–Crippen LogP) is 5.76. The number of aromatic nitrogens is 2. The number of halogens is 1. The number of nitrogens with zero attached hydrogens (tertiary/aromatic N) is 2. The zero-order chi connectivity index (χ0) is 23.0. The molecule has 1 amide bonds. The zero-order valence-corrected chi connectivity index (χ0v) is 19.0. The van der Waals surface area contributed by atoms with Crippen LogP contribution in [0.2, 0.25) is 5.02 Å². The average molecular weight is 462 g/mol. The molecule has 0 aliphatic carbocycles. The molecule has 3 aromatic carbocycles. The Balaban J connectivity index is 1.41. The molecular formula is C26H24ClN3O3. The molecule has 0 saturated carbocycles. The number of amides is 1. The zero-order valence-electron chi connectivity index (χ0n) is 18.2. The number of ether oxygens (including phenoxy) is 2. The van der Waals surface area contributed by atoms with Crippen LogP contribution in [0.25, 0.3) is 0 Å². The van der Waals surface area contributed by atoms with Crippen molar-refractivity contribution < 1.29 is 14.3 Å². The third-order valence-electron chi connectivity index (χ3n) is 5.02. The lowest BCUT2D eigenvalue weighted by molar-refractivity contribution is 0.197. The molecule has 4 aromatic rings. The van der Waals surface area contributed by atoms with Crippen molar-refractivity contribution in [1.29, 1.82) is 0 Å². The van der Waals surface area contributed by atoms with Crippen LogP contribution >= 0.6 is 11.6 Å². The van der Waals surface area contributed by atoms with Crippen LogP contribution in [0.15, 0.2) is 84.9 Å². The van der Waals surface area contributed by atoms with Gasteiger partial charge in [-0.3, -0.25) is 4.68 Å². The molecule has 1 aromatic heterocycles. The van der Waals surface area contributed by atoms with Crippen LogP contribution < -0.4 is 14.8 Å². The number of nitrogens with one attached hydrogen (secondary N) is 1. The van der Waals surface area contributed by atoms with Crippen LogP contribution in [0.1, 0.15) is 22.4 Å². The topological polar surface area (TPSA) is 65.4 Å². The van der Waals surface area contributed by atoms with Crippen molar-refractivity contribution >= 4 is 17.7 Å². The first kappa shape index (κ1) is 22.4. The third-order valence-corrected chi connectivity index (χ3v) is 5.25. The number of benzene rings is 3. The lowest BCUT2D eigenvalue weighted by Gasteiger charge is -2.13. The summed E-state index contributed by atoms with van der Waals surface area (Å²) in [6.45, 7) is 3.15. The molecule has 0 aliphatic heterocycles. The summed E-state index contributed by atoms with van der Waals surface area (Å²) in [5.74, 6) is 0.952. The molecule has 33 heavy (non-hydrogen) atoms. The van der Waals surface area contributed by atoms with Gasteiger partial charge in [0.05, 0.1) is 6.54 Å². The predicted molar refractivity (Wildman–Crippen MR) is 128 cm³/mol. The van der Waals surface area contributed by atoms with E-state index in [4.69, 9.17) is 21.1 Å². The maximum atomic E-state index is 12.2. The van der Waals surface area contributed by atoms with E-state index >= 15 is 0 Å². The lowest BCUT2D eigenvalue weighted by Crippen LogP contribution is -2.26. The van der Waals surface area contributed by atoms with Crippen LogP contribution in [-0.2, 0) is 19.7 Å². The van der Waals surface area contributed by atoms with E-state index < -0.39 is 6.09 Å². The minimum Gasteiger partial charge on any atom is -0.489 e. The average Bonchev–Trinajstić information content (AvgIpc) is 3.17. The molecule has 0 aliphatic rings. The highest BCUT2D eigenvalue weighted by atomic mass is 35.5. The molecule has 0 unspecified atom stereocenters. The van der Waals surface area contributed by atoms with Crippen LogP contribution in [0.3, 0.4) is 0 Å². The second kappa shape index (κ2) is 10.7. The highest BCUT2D eigenvalue weighted by molar-refractivity contribution is 6.30. The summed E-state index contributed by atoms with van der Waals surface area (Å²) in [5, 5.41) is 7.76. The van der Waals surface area contributed by atoms with Gasteiger partial charge in [-0.15, -0.1) is 5.10 Å². The first-order valence-corrected chi connectivity index (χ1v) is 10.9. The van der Waals surface area contributed by atoms with Crippen molar-refractivity contribution in [2.75, 3.05) is 0 Å². The van der Waals surface area contributed by atoms with Crippen molar-refractivity contribution in [2.24, 2.45) is 0 Å². The molecule has 0 bridgehead atoms. The first-order valence-electron chi connectivity index (χ1n) is 10.6. The van der Waals surface area contributed by atoms with E-state index in [1.54, 1.807) is 16.8 Å². The molecule has 6 nitrogen and oxygen atoms in total. The van der Waals surface area contributed by atoms with Gasteiger partial charge in [0.15, 0.2) is 0 Å². The van der Waals surface area contributed by atoms with Gasteiger partial charge in [-0.2, -0.15) is 0 Å². The van der Waals surface area contributed by atoms with Crippen LogP contribution in [0.4, 0.5) is 4.79 Å². The summed E-state index contributed by atoms with van der Waals surface area (Å²) < 4.78 is 13.1. The minimum atomic E-state index is -0.557. The fourth-order valence-electron chi connectivity index (χ4n) is 3.30. The van der Waals surface area contributed by atoms with Crippen molar-refractivity contribution in [3.05, 3.63) is 112 Å². The van der Waals surface area contributed by atoms with Crippen molar-refractivity contribution in [2.45, 2.75) is 26.6 Å². The number of carbonyl (C=O) groups is 1. The maximum Gasteiger partial charge on any atom is 0.414 e. The number of hydrogen-bond donors (Lipinski definition) is 1. The summed E-state index contributed by atoms with van der Waals surface area (Å²) in [6, 6.07) is 26.8. The minimum absolute atomic E-state index is 0.229. The van der Waals surface area contributed by atoms with Gasteiger partial charge in [0.25, 0.3) is 0 Å². The van der Waals surface area contributed by atoms with Gasteiger partial charge < -0.3 is 14.8 Å². The second-order valence-electron chi connectivity index (χ2n) is 7.54. The number of hydrogen-bond acceptors (Lipinski definition) is 4. The maximum absolute atomic E-state index is 12.2. The Morgan fingerprint density at radius 2 is 1.67 bits per heavy atom. The summed E-state index contributed by atoms with van der Waals surface area (Å²) in [7, 11) is 0. The van der Waals surface area contributed by atoms with Gasteiger partial charge >= 0.3 is 6.09 Å². The Morgan fingerprint density at radius 3 is 2.39 bits per heavy atom. The Hall–Kier alpha value is -3.77. The number of carbonyl (C=O) groups excluding carboxylic acids is 1. The fourth-order valence-corrected chi connectivity index (χ4v) is 3.49. The number of rotatable bonds is 8. The second-order valence-corrected chi connectivity index (χ2v) is 7.97. The van der Waals surface area contributed by atoms with E-state index in [2.05, 4.69) is 10.4 Å². The Bertz CT molecular complexity index is 1210. The van der Waals surface area contributed by atoms with Gasteiger partial charge in [0.2, 0.25) is 5.88 Å². The van der Waals surface area contributed by atoms with E-state index in [9.17, 15) is 4.79 Å². The molecule has 4 rings (SSSR count). The molecule has 0 radical (unpaired) electrons. The molecule has 1 N–H and O–H groups in total. The molecule has 0 spiro atoms. The van der Waals surface area contributed by atoms with Gasteiger partial charge in [0.1, 0.15) is 12.4 Å². The summed E-state index contributed by atoms with van der Waals surface area (Å²) >= 11 is 6.24. The van der Waals surface area contributed by atoms with Gasteiger partial charge in [-0.25, -0.2) is 4.79 Å². The van der Waals surface area contributed by atoms with Crippen LogP contribution in [0, 0.1) is 6.92 Å². The Morgan fingerprint density at radius 1 is 0.970 bits per heavy atom. The Kier molecular flexibility index (Phi) is 7.27. The molecular weight excluding hydrogens is 438 g/mol. The monoisotopic (exact) mass is 461 g/mol. The smallest absolute Gasteiger partial charge is 0.414 e. The van der Waals surface area contributed by atoms with Crippen molar-refractivity contribution in [3.8, 4) is 11.6 Å². The van der Waals surface area contributed by atoms with Crippen LogP contribution in [-0.4, -0.2) is 15.9 Å². The van der Waals surface area contributed by atoms with Crippen molar-refractivity contribution in [3.63, 3.8) is 0 Å². The number of aryl methyl sites for hydroxylation is 1. The molecule has 1 heterocycles. The molecule has 7 heteroatoms. The quantitative estimate of drug-likeness (QED) is 0.362. The van der Waals surface area contributed by atoms with E-state index in [1.165, 1.54) is 0 Å². The molecule has 0 atom stereocenters. The van der Waals surface area contributed by atoms with E-state index in [1.807, 2.05) is 79.7 Å². The molecule has 0 fully saturated rings. The highest BCUT2D eigenvalue weighted by Gasteiger charge is 2.13. The van der Waals surface area contributed by atoms with Crippen molar-refractivity contribution in [1.82, 2.24) is 15.1 Å². The lowest BCUT2D eigenvalue weighted by atomic mass is 10.2. The van der Waals surface area contributed by atoms with E-state index in [-0.39, 0.29) is 5.88 Å².